The third kappa shape index (κ3) is 6.18. The first-order chi connectivity index (χ1) is 18.7. The summed E-state index contributed by atoms with van der Waals surface area (Å²) in [5.41, 5.74) is 5.44. The van der Waals surface area contributed by atoms with E-state index in [1.54, 1.807) is 18.3 Å². The van der Waals surface area contributed by atoms with Gasteiger partial charge in [-0.15, -0.1) is 0 Å². The van der Waals surface area contributed by atoms with E-state index < -0.39 is 9.84 Å². The Labute approximate surface area is 228 Å². The average Bonchev–Trinajstić information content (AvgIpc) is 3.22. The van der Waals surface area contributed by atoms with Crippen LogP contribution in [0.2, 0.25) is 0 Å². The van der Waals surface area contributed by atoms with Crippen LogP contribution in [0.15, 0.2) is 85.1 Å². The van der Waals surface area contributed by atoms with E-state index in [0.29, 0.717) is 17.3 Å². The summed E-state index contributed by atoms with van der Waals surface area (Å²) in [4.78, 5) is 15.8. The lowest BCUT2D eigenvalue weighted by Crippen LogP contribution is -2.12. The highest BCUT2D eigenvalue weighted by Gasteiger charge is 2.14. The van der Waals surface area contributed by atoms with Gasteiger partial charge < -0.3 is 20.1 Å². The maximum atomic E-state index is 11.7. The Balaban J connectivity index is 1.35. The molecule has 5 rings (SSSR count). The van der Waals surface area contributed by atoms with Crippen molar-refractivity contribution < 1.29 is 8.42 Å². The second-order valence-corrected chi connectivity index (χ2v) is 11.8. The van der Waals surface area contributed by atoms with Gasteiger partial charge in [0.05, 0.1) is 22.8 Å². The first-order valence-corrected chi connectivity index (χ1v) is 14.6. The molecule has 3 aromatic carbocycles. The highest BCUT2D eigenvalue weighted by atomic mass is 32.2. The number of nitrogens with zero attached hydrogens (tertiary/aromatic N) is 5. The predicted molar refractivity (Wildman–Crippen MR) is 158 cm³/mol. The van der Waals surface area contributed by atoms with E-state index in [1.165, 1.54) is 11.8 Å². The van der Waals surface area contributed by atoms with Crippen molar-refractivity contribution in [3.05, 3.63) is 96.2 Å². The fourth-order valence-corrected chi connectivity index (χ4v) is 5.23. The van der Waals surface area contributed by atoms with Crippen LogP contribution in [0, 0.1) is 0 Å². The molecule has 1 unspecified atom stereocenters. The molecule has 39 heavy (non-hydrogen) atoms. The number of imidazole rings is 1. The number of sulfone groups is 1. The second kappa shape index (κ2) is 10.7. The first-order valence-electron chi connectivity index (χ1n) is 12.5. The van der Waals surface area contributed by atoms with Crippen molar-refractivity contribution in [2.45, 2.75) is 18.7 Å². The van der Waals surface area contributed by atoms with E-state index in [1.807, 2.05) is 67.5 Å². The second-order valence-electron chi connectivity index (χ2n) is 9.64. The maximum Gasteiger partial charge on any atom is 0.229 e. The Morgan fingerprint density at radius 1 is 0.974 bits per heavy atom. The normalized spacial score (nSPS) is 12.3. The summed E-state index contributed by atoms with van der Waals surface area (Å²) in [5.74, 6) is 1.89. The van der Waals surface area contributed by atoms with Gasteiger partial charge >= 0.3 is 0 Å². The Morgan fingerprint density at radius 3 is 2.54 bits per heavy atom. The number of rotatable bonds is 9. The van der Waals surface area contributed by atoms with Crippen LogP contribution in [-0.2, 0) is 22.6 Å². The van der Waals surface area contributed by atoms with E-state index in [-0.39, 0.29) is 11.8 Å². The zero-order valence-corrected chi connectivity index (χ0v) is 23.1. The number of aromatic nitrogens is 4. The van der Waals surface area contributed by atoms with Crippen LogP contribution in [0.5, 0.6) is 0 Å². The van der Waals surface area contributed by atoms with Crippen LogP contribution >= 0.6 is 0 Å². The number of aryl methyl sites for hydroxylation is 1. The fourth-order valence-electron chi connectivity index (χ4n) is 4.44. The molecule has 0 saturated heterocycles. The molecular weight excluding hydrogens is 510 g/mol. The lowest BCUT2D eigenvalue weighted by Gasteiger charge is -2.19. The number of anilines is 5. The minimum atomic E-state index is -3.13. The van der Waals surface area contributed by atoms with Crippen LogP contribution in [0.25, 0.3) is 11.0 Å². The number of benzene rings is 3. The molecule has 2 aromatic heterocycles. The molecule has 10 heteroatoms. The molecule has 0 fully saturated rings. The summed E-state index contributed by atoms with van der Waals surface area (Å²) in [6.07, 6.45) is 2.91. The van der Waals surface area contributed by atoms with Gasteiger partial charge in [-0.1, -0.05) is 42.5 Å². The number of nitrogens with one attached hydrogen (secondary N) is 2. The van der Waals surface area contributed by atoms with E-state index in [2.05, 4.69) is 50.3 Å². The molecule has 0 aliphatic carbocycles. The lowest BCUT2D eigenvalue weighted by atomic mass is 10.1. The smallest absolute Gasteiger partial charge is 0.229 e. The highest BCUT2D eigenvalue weighted by Crippen LogP contribution is 2.29. The van der Waals surface area contributed by atoms with E-state index in [9.17, 15) is 8.42 Å². The largest absolute Gasteiger partial charge is 0.349 e. The fraction of sp³-hybridized carbons (Fsp3) is 0.207. The van der Waals surface area contributed by atoms with Crippen LogP contribution in [0.1, 0.15) is 24.1 Å². The summed E-state index contributed by atoms with van der Waals surface area (Å²) in [6, 6.07) is 25.6. The molecule has 0 bridgehead atoms. The molecule has 0 radical (unpaired) electrons. The average molecular weight is 542 g/mol. The molecule has 2 N–H and O–H groups in total. The molecule has 0 saturated carbocycles. The molecule has 0 aliphatic heterocycles. The quantitative estimate of drug-likeness (QED) is 0.249. The molecule has 200 valence electrons. The monoisotopic (exact) mass is 541 g/mol. The molecule has 0 aliphatic rings. The summed E-state index contributed by atoms with van der Waals surface area (Å²) in [7, 11) is 0.822. The van der Waals surface area contributed by atoms with Gasteiger partial charge in [-0.3, -0.25) is 0 Å². The molecular formula is C29H31N7O2S. The van der Waals surface area contributed by atoms with Gasteiger partial charge in [0.15, 0.2) is 9.84 Å². The Kier molecular flexibility index (Phi) is 7.21. The minimum absolute atomic E-state index is 0.0233. The summed E-state index contributed by atoms with van der Waals surface area (Å²) in [6.45, 7) is 2.12. The van der Waals surface area contributed by atoms with Crippen molar-refractivity contribution in [1.29, 1.82) is 0 Å². The SMILES string of the molecule is CC(Nc1nc2cc(N(C)c3ccnc(Nc4cccc(CS(C)(=O)=O)c4)n3)ccc2n1C)c1ccccc1. The summed E-state index contributed by atoms with van der Waals surface area (Å²) in [5, 5.41) is 6.70. The van der Waals surface area contributed by atoms with Crippen molar-refractivity contribution in [1.82, 2.24) is 19.5 Å². The summed E-state index contributed by atoms with van der Waals surface area (Å²) < 4.78 is 25.4. The van der Waals surface area contributed by atoms with E-state index in [4.69, 9.17) is 4.98 Å². The lowest BCUT2D eigenvalue weighted by molar-refractivity contribution is 0.601. The number of hydrogen-bond acceptors (Lipinski definition) is 8. The zero-order chi connectivity index (χ0) is 27.6. The highest BCUT2D eigenvalue weighted by molar-refractivity contribution is 7.89. The van der Waals surface area contributed by atoms with Crippen molar-refractivity contribution in [2.75, 3.05) is 28.8 Å². The topological polar surface area (TPSA) is 105 Å². The van der Waals surface area contributed by atoms with Crippen LogP contribution in [0.3, 0.4) is 0 Å². The van der Waals surface area contributed by atoms with Gasteiger partial charge in [0.25, 0.3) is 0 Å². The Morgan fingerprint density at radius 2 is 1.77 bits per heavy atom. The molecule has 0 amide bonds. The van der Waals surface area contributed by atoms with Crippen molar-refractivity contribution in [3.8, 4) is 0 Å². The minimum Gasteiger partial charge on any atom is -0.349 e. The zero-order valence-electron chi connectivity index (χ0n) is 22.3. The van der Waals surface area contributed by atoms with Gasteiger partial charge in [-0.2, -0.15) is 4.98 Å². The van der Waals surface area contributed by atoms with E-state index in [0.717, 1.165) is 28.4 Å². The molecule has 2 heterocycles. The van der Waals surface area contributed by atoms with Crippen LogP contribution in [-0.4, -0.2) is 41.2 Å². The first kappa shape index (κ1) is 26.2. The van der Waals surface area contributed by atoms with Crippen molar-refractivity contribution >= 4 is 50.0 Å². The van der Waals surface area contributed by atoms with Gasteiger partial charge in [0.1, 0.15) is 5.82 Å². The molecule has 9 nitrogen and oxygen atoms in total. The Hall–Kier alpha value is -4.44. The van der Waals surface area contributed by atoms with Gasteiger partial charge in [0, 0.05) is 37.9 Å². The third-order valence-electron chi connectivity index (χ3n) is 6.49. The predicted octanol–water partition coefficient (Wildman–Crippen LogP) is 5.59. The molecule has 1 atom stereocenters. The summed E-state index contributed by atoms with van der Waals surface area (Å²) >= 11 is 0. The standard InChI is InChI=1S/C29H31N7O2S/c1-20(22-10-6-5-7-11-22)31-29-33-25-18-24(13-14-26(25)36(29)3)35(2)27-15-16-30-28(34-27)32-23-12-8-9-21(17-23)19-39(4,37)38/h5-18,20H,19H2,1-4H3,(H,31,33)(H,30,32,34). The van der Waals surface area contributed by atoms with E-state index >= 15 is 0 Å². The third-order valence-corrected chi connectivity index (χ3v) is 7.35. The van der Waals surface area contributed by atoms with Gasteiger partial charge in [0.2, 0.25) is 11.9 Å². The molecule has 0 spiro atoms. The van der Waals surface area contributed by atoms with Crippen LogP contribution in [0.4, 0.5) is 29.1 Å². The van der Waals surface area contributed by atoms with Crippen molar-refractivity contribution in [3.63, 3.8) is 0 Å². The maximum absolute atomic E-state index is 11.7. The van der Waals surface area contributed by atoms with Crippen molar-refractivity contribution in [2.24, 2.45) is 7.05 Å². The number of hydrogen-bond donors (Lipinski definition) is 2. The van der Waals surface area contributed by atoms with Gasteiger partial charge in [-0.05, 0) is 54.4 Å². The van der Waals surface area contributed by atoms with Gasteiger partial charge in [-0.25, -0.2) is 18.4 Å². The Bertz CT molecular complexity index is 1720. The number of fused-ring (bicyclic) bond motifs is 1. The van der Waals surface area contributed by atoms with Crippen LogP contribution < -0.4 is 15.5 Å². The molecule has 5 aromatic rings.